The number of hydrogen-bond acceptors (Lipinski definition) is 4. The fourth-order valence-corrected chi connectivity index (χ4v) is 3.88. The molecular formula is C13H20N2O2S. The monoisotopic (exact) mass is 268 g/mol. The maximum atomic E-state index is 12.3. The van der Waals surface area contributed by atoms with Gasteiger partial charge in [-0.3, -0.25) is 0 Å². The van der Waals surface area contributed by atoms with Crippen LogP contribution < -0.4 is 10.6 Å². The van der Waals surface area contributed by atoms with Crippen molar-refractivity contribution in [1.29, 1.82) is 0 Å². The van der Waals surface area contributed by atoms with Gasteiger partial charge in [-0.15, -0.1) is 0 Å². The second-order valence-corrected chi connectivity index (χ2v) is 7.25. The van der Waals surface area contributed by atoms with Gasteiger partial charge in [0.15, 0.2) is 9.84 Å². The second kappa shape index (κ2) is 4.90. The van der Waals surface area contributed by atoms with Crippen molar-refractivity contribution in [2.45, 2.75) is 30.4 Å². The van der Waals surface area contributed by atoms with E-state index in [0.717, 1.165) is 24.2 Å². The molecule has 5 heteroatoms. The molecule has 1 unspecified atom stereocenters. The highest BCUT2D eigenvalue weighted by Crippen LogP contribution is 2.34. The summed E-state index contributed by atoms with van der Waals surface area (Å²) in [5.74, 6) is 0. The maximum absolute atomic E-state index is 12.3. The lowest BCUT2D eigenvalue weighted by atomic mass is 10.2. The quantitative estimate of drug-likeness (QED) is 0.898. The third-order valence-electron chi connectivity index (χ3n) is 3.40. The second-order valence-electron chi connectivity index (χ2n) is 4.92. The molecule has 1 aromatic carbocycles. The van der Waals surface area contributed by atoms with Crippen molar-refractivity contribution in [3.05, 3.63) is 23.8 Å². The molecule has 0 amide bonds. The van der Waals surface area contributed by atoms with E-state index in [0.29, 0.717) is 18.0 Å². The summed E-state index contributed by atoms with van der Waals surface area (Å²) in [6.45, 7) is 5.74. The minimum absolute atomic E-state index is 0.356. The summed E-state index contributed by atoms with van der Waals surface area (Å²) in [5, 5.41) is -0.356. The predicted molar refractivity (Wildman–Crippen MR) is 73.7 cm³/mol. The normalized spacial score (nSPS) is 21.7. The van der Waals surface area contributed by atoms with Crippen LogP contribution in [0.3, 0.4) is 0 Å². The molecule has 0 fully saturated rings. The van der Waals surface area contributed by atoms with E-state index in [1.807, 2.05) is 19.1 Å². The molecule has 1 aliphatic rings. The van der Waals surface area contributed by atoms with Crippen LogP contribution in [-0.4, -0.2) is 33.3 Å². The van der Waals surface area contributed by atoms with Gasteiger partial charge < -0.3 is 10.6 Å². The molecule has 18 heavy (non-hydrogen) atoms. The molecule has 1 heterocycles. The van der Waals surface area contributed by atoms with Crippen molar-refractivity contribution in [3.8, 4) is 0 Å². The number of aryl methyl sites for hydroxylation is 1. The van der Waals surface area contributed by atoms with E-state index in [4.69, 9.17) is 5.73 Å². The summed E-state index contributed by atoms with van der Waals surface area (Å²) in [4.78, 5) is 2.60. The highest BCUT2D eigenvalue weighted by atomic mass is 32.2. The first-order chi connectivity index (χ1) is 8.46. The Labute approximate surface area is 109 Å². The zero-order valence-electron chi connectivity index (χ0n) is 10.9. The van der Waals surface area contributed by atoms with Crippen LogP contribution in [0.15, 0.2) is 23.1 Å². The Morgan fingerprint density at radius 3 is 2.83 bits per heavy atom. The molecule has 0 saturated heterocycles. The van der Waals surface area contributed by atoms with Gasteiger partial charge in [0.25, 0.3) is 0 Å². The Morgan fingerprint density at radius 2 is 2.17 bits per heavy atom. The summed E-state index contributed by atoms with van der Waals surface area (Å²) < 4.78 is 24.6. The third-order valence-corrected chi connectivity index (χ3v) is 5.57. The lowest BCUT2D eigenvalue weighted by molar-refractivity contribution is 0.571. The van der Waals surface area contributed by atoms with E-state index in [1.165, 1.54) is 0 Å². The van der Waals surface area contributed by atoms with E-state index in [-0.39, 0.29) is 5.25 Å². The highest BCUT2D eigenvalue weighted by Gasteiger charge is 2.34. The summed E-state index contributed by atoms with van der Waals surface area (Å²) in [7, 11) is -3.17. The van der Waals surface area contributed by atoms with Crippen molar-refractivity contribution in [2.24, 2.45) is 5.73 Å². The molecule has 1 atom stereocenters. The standard InChI is InChI=1S/C13H20N2O2S/c1-10-4-5-13-12(8-10)15(7-3-6-14)9-11(2)18(13,16)17/h4-5,8,11H,3,6-7,9,14H2,1-2H3. The number of nitrogens with zero attached hydrogens (tertiary/aromatic N) is 1. The minimum Gasteiger partial charge on any atom is -0.369 e. The molecule has 2 rings (SSSR count). The van der Waals surface area contributed by atoms with Crippen LogP contribution in [0.4, 0.5) is 5.69 Å². The molecule has 0 radical (unpaired) electrons. The molecule has 100 valence electrons. The molecular weight excluding hydrogens is 248 g/mol. The van der Waals surface area contributed by atoms with Gasteiger partial charge >= 0.3 is 0 Å². The summed E-state index contributed by atoms with van der Waals surface area (Å²) >= 11 is 0. The number of nitrogens with two attached hydrogens (primary N) is 1. The van der Waals surface area contributed by atoms with Crippen LogP contribution in [0.25, 0.3) is 0 Å². The van der Waals surface area contributed by atoms with Gasteiger partial charge in [0.05, 0.1) is 15.8 Å². The maximum Gasteiger partial charge on any atom is 0.184 e. The van der Waals surface area contributed by atoms with Crippen LogP contribution in [0.5, 0.6) is 0 Å². The molecule has 2 N–H and O–H groups in total. The number of benzene rings is 1. The zero-order valence-corrected chi connectivity index (χ0v) is 11.7. The topological polar surface area (TPSA) is 63.4 Å². The molecule has 0 aromatic heterocycles. The molecule has 4 nitrogen and oxygen atoms in total. The Bertz CT molecular complexity index is 540. The minimum atomic E-state index is -3.17. The van der Waals surface area contributed by atoms with Gasteiger partial charge in [-0.05, 0) is 44.5 Å². The van der Waals surface area contributed by atoms with Crippen molar-refractivity contribution < 1.29 is 8.42 Å². The van der Waals surface area contributed by atoms with Gasteiger partial charge in [-0.25, -0.2) is 8.42 Å². The molecule has 0 bridgehead atoms. The van der Waals surface area contributed by atoms with Crippen molar-refractivity contribution in [3.63, 3.8) is 0 Å². The average molecular weight is 268 g/mol. The first-order valence-corrected chi connectivity index (χ1v) is 7.81. The number of anilines is 1. The third kappa shape index (κ3) is 2.24. The molecule has 0 aliphatic carbocycles. The number of hydrogen-bond donors (Lipinski definition) is 1. The molecule has 1 aliphatic heterocycles. The molecule has 0 spiro atoms. The first kappa shape index (κ1) is 13.4. The van der Waals surface area contributed by atoms with Crippen LogP contribution in [-0.2, 0) is 9.84 Å². The van der Waals surface area contributed by atoms with Crippen LogP contribution in [0.2, 0.25) is 0 Å². The van der Waals surface area contributed by atoms with E-state index in [2.05, 4.69) is 4.90 Å². The summed E-state index contributed by atoms with van der Waals surface area (Å²) in [6, 6.07) is 5.54. The number of rotatable bonds is 3. The zero-order chi connectivity index (χ0) is 13.3. The predicted octanol–water partition coefficient (Wildman–Crippen LogP) is 1.33. The Hall–Kier alpha value is -1.07. The van der Waals surface area contributed by atoms with E-state index in [9.17, 15) is 8.42 Å². The van der Waals surface area contributed by atoms with Crippen molar-refractivity contribution >= 4 is 15.5 Å². The average Bonchev–Trinajstić information content (AvgIpc) is 2.32. The van der Waals surface area contributed by atoms with Gasteiger partial charge in [-0.2, -0.15) is 0 Å². The van der Waals surface area contributed by atoms with Gasteiger partial charge in [0.2, 0.25) is 0 Å². The van der Waals surface area contributed by atoms with Gasteiger partial charge in [-0.1, -0.05) is 6.07 Å². The van der Waals surface area contributed by atoms with Crippen LogP contribution in [0, 0.1) is 6.92 Å². The van der Waals surface area contributed by atoms with Gasteiger partial charge in [0.1, 0.15) is 0 Å². The van der Waals surface area contributed by atoms with Crippen molar-refractivity contribution in [1.82, 2.24) is 0 Å². The number of sulfone groups is 1. The van der Waals surface area contributed by atoms with Crippen LogP contribution >= 0.6 is 0 Å². The van der Waals surface area contributed by atoms with Crippen LogP contribution in [0.1, 0.15) is 18.9 Å². The van der Waals surface area contributed by atoms with Crippen molar-refractivity contribution in [2.75, 3.05) is 24.5 Å². The Morgan fingerprint density at radius 1 is 1.44 bits per heavy atom. The fraction of sp³-hybridized carbons (Fsp3) is 0.538. The Kier molecular flexibility index (Phi) is 3.64. The van der Waals surface area contributed by atoms with E-state index >= 15 is 0 Å². The fourth-order valence-electron chi connectivity index (χ4n) is 2.33. The lowest BCUT2D eigenvalue weighted by Crippen LogP contribution is -2.41. The lowest BCUT2D eigenvalue weighted by Gasteiger charge is -2.34. The summed E-state index contributed by atoms with van der Waals surface area (Å²) in [6.07, 6.45) is 0.875. The largest absolute Gasteiger partial charge is 0.369 e. The smallest absolute Gasteiger partial charge is 0.184 e. The first-order valence-electron chi connectivity index (χ1n) is 6.26. The number of fused-ring (bicyclic) bond motifs is 1. The van der Waals surface area contributed by atoms with E-state index < -0.39 is 9.84 Å². The Balaban J connectivity index is 2.48. The molecule has 1 aromatic rings. The molecule has 0 saturated carbocycles. The summed E-state index contributed by atoms with van der Waals surface area (Å²) in [5.41, 5.74) is 7.45. The van der Waals surface area contributed by atoms with E-state index in [1.54, 1.807) is 13.0 Å². The highest BCUT2D eigenvalue weighted by molar-refractivity contribution is 7.92. The van der Waals surface area contributed by atoms with Gasteiger partial charge in [0, 0.05) is 13.1 Å². The SMILES string of the molecule is Cc1ccc2c(c1)N(CCCN)CC(C)S2(=O)=O.